The molecule has 0 atom stereocenters. The number of aromatic nitrogens is 2. The second-order valence-corrected chi connectivity index (χ2v) is 5.64. The molecule has 2 N–H and O–H groups in total. The van der Waals surface area contributed by atoms with Gasteiger partial charge in [0.05, 0.1) is 5.92 Å². The lowest BCUT2D eigenvalue weighted by molar-refractivity contribution is -0.119. The predicted molar refractivity (Wildman–Crippen MR) is 91.9 cm³/mol. The number of hydrogen-bond donors (Lipinski definition) is 2. The van der Waals surface area contributed by atoms with E-state index in [9.17, 15) is 4.79 Å². The number of rotatable bonds is 6. The predicted octanol–water partition coefficient (Wildman–Crippen LogP) is 3.06. The summed E-state index contributed by atoms with van der Waals surface area (Å²) in [5, 5.41) is 4.14. The van der Waals surface area contributed by atoms with Crippen molar-refractivity contribution in [2.24, 2.45) is 0 Å². The zero-order chi connectivity index (χ0) is 16.1. The number of H-pyrrole nitrogens is 1. The van der Waals surface area contributed by atoms with Crippen molar-refractivity contribution in [1.29, 1.82) is 0 Å². The molecule has 4 nitrogen and oxygen atoms in total. The zero-order valence-electron chi connectivity index (χ0n) is 13.2. The summed E-state index contributed by atoms with van der Waals surface area (Å²) in [6.45, 7) is 2.49. The molecule has 2 aromatic heterocycles. The van der Waals surface area contributed by atoms with Crippen LogP contribution in [-0.2, 0) is 17.6 Å². The number of pyridine rings is 1. The van der Waals surface area contributed by atoms with Gasteiger partial charge in [0.25, 0.3) is 0 Å². The molecule has 0 unspecified atom stereocenters. The number of aromatic amines is 1. The average Bonchev–Trinajstić information content (AvgIpc) is 2.99. The first-order valence-electron chi connectivity index (χ1n) is 7.79. The number of nitrogens with one attached hydrogen (secondary N) is 2. The number of nitrogens with zero attached hydrogens (tertiary/aromatic N) is 1. The summed E-state index contributed by atoms with van der Waals surface area (Å²) in [7, 11) is 0. The SMILES string of the molecule is C[C](Cc1c[nH]c2ccccc12)C(=O)NCCc1ccccn1. The molecule has 0 aliphatic rings. The summed E-state index contributed by atoms with van der Waals surface area (Å²) >= 11 is 0. The van der Waals surface area contributed by atoms with Gasteiger partial charge in [0.2, 0.25) is 5.91 Å². The van der Waals surface area contributed by atoms with Crippen molar-refractivity contribution >= 4 is 16.8 Å². The van der Waals surface area contributed by atoms with E-state index in [0.717, 1.165) is 29.1 Å². The Hall–Kier alpha value is -2.62. The average molecular weight is 306 g/mol. The van der Waals surface area contributed by atoms with Crippen LogP contribution in [0.1, 0.15) is 18.2 Å². The first-order chi connectivity index (χ1) is 11.2. The van der Waals surface area contributed by atoms with Gasteiger partial charge in [0.15, 0.2) is 0 Å². The molecule has 2 heterocycles. The fourth-order valence-corrected chi connectivity index (χ4v) is 2.64. The maximum Gasteiger partial charge on any atom is 0.227 e. The van der Waals surface area contributed by atoms with Crippen LogP contribution in [-0.4, -0.2) is 22.4 Å². The zero-order valence-corrected chi connectivity index (χ0v) is 13.2. The van der Waals surface area contributed by atoms with Crippen LogP contribution in [0.2, 0.25) is 0 Å². The van der Waals surface area contributed by atoms with Gasteiger partial charge in [-0.05, 0) is 37.1 Å². The van der Waals surface area contributed by atoms with Gasteiger partial charge in [-0.25, -0.2) is 0 Å². The van der Waals surface area contributed by atoms with Crippen molar-refractivity contribution in [3.8, 4) is 0 Å². The minimum atomic E-state index is 0.00575. The van der Waals surface area contributed by atoms with Gasteiger partial charge in [-0.1, -0.05) is 24.3 Å². The van der Waals surface area contributed by atoms with Crippen LogP contribution in [0.15, 0.2) is 54.9 Å². The lowest BCUT2D eigenvalue weighted by atomic mass is 10.00. The molecule has 0 saturated carbocycles. The van der Waals surface area contributed by atoms with Gasteiger partial charge < -0.3 is 10.3 Å². The van der Waals surface area contributed by atoms with Gasteiger partial charge in [-0.2, -0.15) is 0 Å². The number of carbonyl (C=O) groups excluding carboxylic acids is 1. The molecule has 4 heteroatoms. The summed E-state index contributed by atoms with van der Waals surface area (Å²) in [6, 6.07) is 14.0. The highest BCUT2D eigenvalue weighted by Crippen LogP contribution is 2.21. The highest BCUT2D eigenvalue weighted by Gasteiger charge is 2.16. The van der Waals surface area contributed by atoms with Crippen LogP contribution >= 0.6 is 0 Å². The first-order valence-corrected chi connectivity index (χ1v) is 7.79. The lowest BCUT2D eigenvalue weighted by Gasteiger charge is -2.11. The van der Waals surface area contributed by atoms with Gasteiger partial charge in [0.1, 0.15) is 0 Å². The molecule has 23 heavy (non-hydrogen) atoms. The molecule has 1 aromatic carbocycles. The third-order valence-corrected chi connectivity index (χ3v) is 3.91. The van der Waals surface area contributed by atoms with E-state index < -0.39 is 0 Å². The van der Waals surface area contributed by atoms with Crippen LogP contribution in [0, 0.1) is 5.92 Å². The van der Waals surface area contributed by atoms with E-state index in [1.54, 1.807) is 6.20 Å². The number of para-hydroxylation sites is 1. The Bertz CT molecular complexity index is 779. The third-order valence-electron chi connectivity index (χ3n) is 3.91. The summed E-state index contributed by atoms with van der Waals surface area (Å²) < 4.78 is 0. The Morgan fingerprint density at radius 1 is 1.17 bits per heavy atom. The molecule has 0 saturated heterocycles. The fourth-order valence-electron chi connectivity index (χ4n) is 2.64. The Kier molecular flexibility index (Phi) is 4.71. The molecule has 0 aliphatic carbocycles. The Labute approximate surface area is 136 Å². The molecular formula is C19H20N3O. The van der Waals surface area contributed by atoms with Gasteiger partial charge in [-0.15, -0.1) is 0 Å². The number of benzene rings is 1. The normalized spacial score (nSPS) is 11.0. The Balaban J connectivity index is 1.53. The number of hydrogen-bond acceptors (Lipinski definition) is 2. The van der Waals surface area contributed by atoms with Crippen molar-refractivity contribution in [1.82, 2.24) is 15.3 Å². The summed E-state index contributed by atoms with van der Waals surface area (Å²) in [5.74, 6) is 0.821. The van der Waals surface area contributed by atoms with Crippen LogP contribution in [0.4, 0.5) is 0 Å². The number of fused-ring (bicyclic) bond motifs is 1. The van der Waals surface area contributed by atoms with Crippen molar-refractivity contribution in [2.45, 2.75) is 19.8 Å². The summed E-state index contributed by atoms with van der Waals surface area (Å²) in [4.78, 5) is 19.7. The van der Waals surface area contributed by atoms with Crippen LogP contribution in [0.5, 0.6) is 0 Å². The van der Waals surface area contributed by atoms with Gasteiger partial charge in [0, 0.05) is 42.0 Å². The molecule has 0 spiro atoms. The second-order valence-electron chi connectivity index (χ2n) is 5.64. The van der Waals surface area contributed by atoms with E-state index >= 15 is 0 Å². The highest BCUT2D eigenvalue weighted by atomic mass is 16.1. The molecule has 0 aliphatic heterocycles. The second kappa shape index (κ2) is 7.09. The molecular weight excluding hydrogens is 286 g/mol. The molecule has 3 aromatic rings. The van der Waals surface area contributed by atoms with Gasteiger partial charge in [-0.3, -0.25) is 9.78 Å². The van der Waals surface area contributed by atoms with Crippen molar-refractivity contribution in [2.75, 3.05) is 6.54 Å². The standard InChI is InChI=1S/C19H20N3O/c1-14(12-15-13-22-18-8-3-2-7-17(15)18)19(23)21-11-9-16-6-4-5-10-20-16/h2-8,10,13,22H,9,11-12H2,1H3,(H,21,23). The van der Waals surface area contributed by atoms with E-state index in [4.69, 9.17) is 0 Å². The van der Waals surface area contributed by atoms with Crippen molar-refractivity contribution < 1.29 is 4.79 Å². The number of carbonyl (C=O) groups is 1. The van der Waals surface area contributed by atoms with E-state index in [1.807, 2.05) is 49.5 Å². The molecule has 0 fully saturated rings. The monoisotopic (exact) mass is 306 g/mol. The lowest BCUT2D eigenvalue weighted by Crippen LogP contribution is -2.30. The topological polar surface area (TPSA) is 57.8 Å². The molecule has 1 amide bonds. The summed E-state index contributed by atoms with van der Waals surface area (Å²) in [6.07, 6.45) is 5.15. The van der Waals surface area contributed by atoms with E-state index in [-0.39, 0.29) is 5.91 Å². The third kappa shape index (κ3) is 3.77. The largest absolute Gasteiger partial charge is 0.361 e. The number of amides is 1. The van der Waals surface area contributed by atoms with E-state index in [1.165, 1.54) is 5.39 Å². The van der Waals surface area contributed by atoms with Crippen LogP contribution < -0.4 is 5.32 Å². The fraction of sp³-hybridized carbons (Fsp3) is 0.211. The van der Waals surface area contributed by atoms with Crippen LogP contribution in [0.25, 0.3) is 10.9 Å². The summed E-state index contributed by atoms with van der Waals surface area (Å²) in [5.41, 5.74) is 3.24. The minimum Gasteiger partial charge on any atom is -0.361 e. The quantitative estimate of drug-likeness (QED) is 0.735. The van der Waals surface area contributed by atoms with E-state index in [0.29, 0.717) is 13.0 Å². The maximum absolute atomic E-state index is 12.2. The molecule has 3 rings (SSSR count). The van der Waals surface area contributed by atoms with Crippen molar-refractivity contribution in [3.05, 3.63) is 72.0 Å². The Morgan fingerprint density at radius 3 is 2.83 bits per heavy atom. The smallest absolute Gasteiger partial charge is 0.227 e. The van der Waals surface area contributed by atoms with Crippen molar-refractivity contribution in [3.63, 3.8) is 0 Å². The minimum absolute atomic E-state index is 0.00575. The molecule has 117 valence electrons. The molecule has 0 bridgehead atoms. The van der Waals surface area contributed by atoms with Crippen LogP contribution in [0.3, 0.4) is 0 Å². The highest BCUT2D eigenvalue weighted by molar-refractivity contribution is 5.91. The first kappa shape index (κ1) is 15.3. The molecule has 1 radical (unpaired) electrons. The van der Waals surface area contributed by atoms with Gasteiger partial charge >= 0.3 is 0 Å². The van der Waals surface area contributed by atoms with E-state index in [2.05, 4.69) is 21.4 Å². The maximum atomic E-state index is 12.2. The Morgan fingerprint density at radius 2 is 2.00 bits per heavy atom.